The molecule has 0 bridgehead atoms. The number of amides is 2. The smallest absolute Gasteiger partial charge is 0.239 e. The number of benzene rings is 2. The zero-order valence-corrected chi connectivity index (χ0v) is 15.5. The number of carbonyl (C=O) groups is 2. The molecule has 0 radical (unpaired) electrons. The van der Waals surface area contributed by atoms with E-state index in [0.717, 1.165) is 15.8 Å². The van der Waals surface area contributed by atoms with Crippen LogP contribution in [0.3, 0.4) is 0 Å². The lowest BCUT2D eigenvalue weighted by Crippen LogP contribution is -2.40. The lowest BCUT2D eigenvalue weighted by molar-refractivity contribution is -0.126. The van der Waals surface area contributed by atoms with Gasteiger partial charge in [0.05, 0.1) is 25.6 Å². The highest BCUT2D eigenvalue weighted by atomic mass is 79.9. The van der Waals surface area contributed by atoms with E-state index in [1.54, 1.807) is 12.1 Å². The zero-order chi connectivity index (χ0) is 18.5. The average molecular weight is 421 g/mol. The van der Waals surface area contributed by atoms with Gasteiger partial charge in [0.2, 0.25) is 11.8 Å². The third kappa shape index (κ3) is 4.82. The maximum atomic E-state index is 13.1. The van der Waals surface area contributed by atoms with Gasteiger partial charge in [0.15, 0.2) is 0 Å². The molecule has 7 heteroatoms. The molecule has 2 aromatic rings. The standard InChI is InChI=1S/C19H18BrFN2O3/c20-13-4-5-17-15(10-13)16(6-7-26-17)23-19(25)11-22-18(24)9-12-2-1-3-14(21)8-12/h1-5,8,10,16H,6-7,9,11H2,(H,22,24)(H,23,25). The molecule has 0 aromatic heterocycles. The Balaban J connectivity index is 1.52. The normalized spacial score (nSPS) is 15.5. The minimum atomic E-state index is -0.391. The van der Waals surface area contributed by atoms with Crippen LogP contribution in [0.15, 0.2) is 46.9 Å². The molecule has 136 valence electrons. The molecule has 0 spiro atoms. The fourth-order valence-corrected chi connectivity index (χ4v) is 3.21. The minimum absolute atomic E-state index is 0.0259. The van der Waals surface area contributed by atoms with Gasteiger partial charge in [-0.1, -0.05) is 28.1 Å². The lowest BCUT2D eigenvalue weighted by Gasteiger charge is -2.27. The van der Waals surface area contributed by atoms with E-state index in [0.29, 0.717) is 18.6 Å². The Morgan fingerprint density at radius 1 is 1.19 bits per heavy atom. The van der Waals surface area contributed by atoms with Gasteiger partial charge in [0.1, 0.15) is 11.6 Å². The van der Waals surface area contributed by atoms with Gasteiger partial charge < -0.3 is 15.4 Å². The molecule has 0 aliphatic carbocycles. The summed E-state index contributed by atoms with van der Waals surface area (Å²) in [5, 5.41) is 5.48. The fraction of sp³-hybridized carbons (Fsp3) is 0.263. The Bertz CT molecular complexity index is 828. The number of halogens is 2. The van der Waals surface area contributed by atoms with Crippen LogP contribution in [0.5, 0.6) is 5.75 Å². The second kappa shape index (κ2) is 8.31. The summed E-state index contributed by atoms with van der Waals surface area (Å²) >= 11 is 3.42. The highest BCUT2D eigenvalue weighted by Crippen LogP contribution is 2.33. The number of hydrogen-bond donors (Lipinski definition) is 2. The van der Waals surface area contributed by atoms with Gasteiger partial charge in [-0.2, -0.15) is 0 Å². The quantitative estimate of drug-likeness (QED) is 0.781. The van der Waals surface area contributed by atoms with E-state index >= 15 is 0 Å². The molecule has 26 heavy (non-hydrogen) atoms. The molecule has 1 aliphatic heterocycles. The predicted octanol–water partition coefficient (Wildman–Crippen LogP) is 2.89. The summed E-state index contributed by atoms with van der Waals surface area (Å²) in [6, 6.07) is 11.3. The largest absolute Gasteiger partial charge is 0.493 e. The van der Waals surface area contributed by atoms with Crippen molar-refractivity contribution in [2.75, 3.05) is 13.2 Å². The first kappa shape index (κ1) is 18.4. The summed E-state index contributed by atoms with van der Waals surface area (Å²) in [6.07, 6.45) is 0.685. The molecule has 1 atom stereocenters. The van der Waals surface area contributed by atoms with E-state index in [9.17, 15) is 14.0 Å². The first-order valence-corrected chi connectivity index (χ1v) is 9.03. The summed E-state index contributed by atoms with van der Waals surface area (Å²) < 4.78 is 19.6. The maximum absolute atomic E-state index is 13.1. The molecule has 2 amide bonds. The molecule has 0 saturated carbocycles. The van der Waals surface area contributed by atoms with Gasteiger partial charge in [-0.3, -0.25) is 9.59 Å². The molecular formula is C19H18BrFN2O3. The van der Waals surface area contributed by atoms with Crippen molar-refractivity contribution in [3.05, 3.63) is 63.9 Å². The van der Waals surface area contributed by atoms with E-state index in [-0.39, 0.29) is 30.8 Å². The Hall–Kier alpha value is -2.41. The molecule has 2 aromatic carbocycles. The number of fused-ring (bicyclic) bond motifs is 1. The van der Waals surface area contributed by atoms with Gasteiger partial charge in [0, 0.05) is 16.5 Å². The average Bonchev–Trinajstić information content (AvgIpc) is 2.60. The van der Waals surface area contributed by atoms with Crippen molar-refractivity contribution in [1.82, 2.24) is 10.6 Å². The summed E-state index contributed by atoms with van der Waals surface area (Å²) in [6.45, 7) is 0.389. The van der Waals surface area contributed by atoms with Crippen LogP contribution in [0.4, 0.5) is 4.39 Å². The summed E-state index contributed by atoms with van der Waals surface area (Å²) in [5.74, 6) is -0.256. The van der Waals surface area contributed by atoms with Crippen LogP contribution in [0.2, 0.25) is 0 Å². The molecule has 0 fully saturated rings. The van der Waals surface area contributed by atoms with Crippen LogP contribution < -0.4 is 15.4 Å². The topological polar surface area (TPSA) is 67.4 Å². The Morgan fingerprint density at radius 2 is 2.04 bits per heavy atom. The van der Waals surface area contributed by atoms with Crippen molar-refractivity contribution in [2.24, 2.45) is 0 Å². The third-order valence-corrected chi connectivity index (χ3v) is 4.54. The SMILES string of the molecule is O=C(Cc1cccc(F)c1)NCC(=O)NC1CCOc2ccc(Br)cc21. The van der Waals surface area contributed by atoms with Gasteiger partial charge in [-0.25, -0.2) is 4.39 Å². The van der Waals surface area contributed by atoms with Gasteiger partial charge in [0.25, 0.3) is 0 Å². The Morgan fingerprint density at radius 3 is 2.85 bits per heavy atom. The monoisotopic (exact) mass is 420 g/mol. The third-order valence-electron chi connectivity index (χ3n) is 4.05. The highest BCUT2D eigenvalue weighted by molar-refractivity contribution is 9.10. The van der Waals surface area contributed by atoms with E-state index in [1.807, 2.05) is 18.2 Å². The first-order valence-electron chi connectivity index (χ1n) is 8.24. The molecule has 1 unspecified atom stereocenters. The molecule has 1 aliphatic rings. The fourth-order valence-electron chi connectivity index (χ4n) is 2.83. The number of rotatable bonds is 5. The van der Waals surface area contributed by atoms with Crippen LogP contribution in [0.25, 0.3) is 0 Å². The van der Waals surface area contributed by atoms with E-state index < -0.39 is 5.82 Å². The lowest BCUT2D eigenvalue weighted by atomic mass is 10.0. The van der Waals surface area contributed by atoms with Crippen LogP contribution in [-0.2, 0) is 16.0 Å². The number of carbonyl (C=O) groups excluding carboxylic acids is 2. The van der Waals surface area contributed by atoms with Crippen LogP contribution in [-0.4, -0.2) is 25.0 Å². The first-order chi connectivity index (χ1) is 12.5. The molecular weight excluding hydrogens is 403 g/mol. The van der Waals surface area contributed by atoms with Crippen LogP contribution in [0, 0.1) is 5.82 Å². The van der Waals surface area contributed by atoms with Crippen LogP contribution in [0.1, 0.15) is 23.6 Å². The van der Waals surface area contributed by atoms with Crippen molar-refractivity contribution in [1.29, 1.82) is 0 Å². The molecule has 2 N–H and O–H groups in total. The molecule has 0 saturated heterocycles. The summed E-state index contributed by atoms with van der Waals surface area (Å²) in [4.78, 5) is 24.1. The van der Waals surface area contributed by atoms with Crippen molar-refractivity contribution >= 4 is 27.7 Å². The number of hydrogen-bond acceptors (Lipinski definition) is 3. The molecule has 3 rings (SSSR count). The number of nitrogens with one attached hydrogen (secondary N) is 2. The minimum Gasteiger partial charge on any atom is -0.493 e. The maximum Gasteiger partial charge on any atom is 0.239 e. The Kier molecular flexibility index (Phi) is 5.88. The van der Waals surface area contributed by atoms with Crippen molar-refractivity contribution in [2.45, 2.75) is 18.9 Å². The van der Waals surface area contributed by atoms with Gasteiger partial charge in [-0.15, -0.1) is 0 Å². The van der Waals surface area contributed by atoms with Gasteiger partial charge >= 0.3 is 0 Å². The molecule has 5 nitrogen and oxygen atoms in total. The second-order valence-electron chi connectivity index (χ2n) is 6.02. The second-order valence-corrected chi connectivity index (χ2v) is 6.94. The van der Waals surface area contributed by atoms with Crippen molar-refractivity contribution < 1.29 is 18.7 Å². The summed E-state index contributed by atoms with van der Waals surface area (Å²) in [5.41, 5.74) is 1.47. The van der Waals surface area contributed by atoms with Crippen LogP contribution >= 0.6 is 15.9 Å². The van der Waals surface area contributed by atoms with Crippen molar-refractivity contribution in [3.63, 3.8) is 0 Å². The number of ether oxygens (including phenoxy) is 1. The predicted molar refractivity (Wildman–Crippen MR) is 98.3 cm³/mol. The van der Waals surface area contributed by atoms with E-state index in [1.165, 1.54) is 12.1 Å². The van der Waals surface area contributed by atoms with E-state index in [2.05, 4.69) is 26.6 Å². The highest BCUT2D eigenvalue weighted by Gasteiger charge is 2.23. The zero-order valence-electron chi connectivity index (χ0n) is 13.9. The van der Waals surface area contributed by atoms with Crippen molar-refractivity contribution in [3.8, 4) is 5.75 Å². The summed E-state index contributed by atoms with van der Waals surface area (Å²) in [7, 11) is 0. The van der Waals surface area contributed by atoms with Gasteiger partial charge in [-0.05, 0) is 35.9 Å². The van der Waals surface area contributed by atoms with E-state index in [4.69, 9.17) is 4.74 Å². The Labute approximate surface area is 159 Å². The molecule has 1 heterocycles.